The molecular weight excluding hydrogens is 340 g/mol. The summed E-state index contributed by atoms with van der Waals surface area (Å²) in [6.07, 6.45) is 5.14. The molecule has 2 aromatic carbocycles. The molecule has 0 bridgehead atoms. The van der Waals surface area contributed by atoms with E-state index in [4.69, 9.17) is 4.74 Å². The maximum Gasteiger partial charge on any atom is 0.248 e. The Bertz CT molecular complexity index is 852. The zero-order valence-electron chi connectivity index (χ0n) is 15.6. The minimum atomic E-state index is -0.229. The summed E-state index contributed by atoms with van der Waals surface area (Å²) >= 11 is 0. The number of carbonyl (C=O) groups is 2. The third-order valence-corrected chi connectivity index (χ3v) is 4.33. The minimum Gasteiger partial charge on any atom is -0.494 e. The molecule has 1 saturated carbocycles. The number of hydrogen-bond acceptors (Lipinski definition) is 3. The number of hydrogen-bond donors (Lipinski definition) is 2. The topological polar surface area (TPSA) is 67.4 Å². The first-order chi connectivity index (χ1) is 13.0. The zero-order chi connectivity index (χ0) is 19.2. The lowest BCUT2D eigenvalue weighted by Gasteiger charge is -2.10. The van der Waals surface area contributed by atoms with E-state index in [1.807, 2.05) is 50.2 Å². The fraction of sp³-hybridized carbons (Fsp3) is 0.273. The SMILES string of the molecule is CCOc1ccc(/C=C/C(=O)Nc2ccc(C)c(NC(=O)C3CC3)c2)cc1. The minimum absolute atomic E-state index is 0.0528. The van der Waals surface area contributed by atoms with Crippen LogP contribution >= 0.6 is 0 Å². The molecule has 0 unspecified atom stereocenters. The quantitative estimate of drug-likeness (QED) is 0.716. The molecule has 0 saturated heterocycles. The average molecular weight is 364 g/mol. The molecule has 27 heavy (non-hydrogen) atoms. The van der Waals surface area contributed by atoms with Crippen LogP contribution in [0.4, 0.5) is 11.4 Å². The van der Waals surface area contributed by atoms with Gasteiger partial charge in [0, 0.05) is 23.4 Å². The first-order valence-electron chi connectivity index (χ1n) is 9.18. The van der Waals surface area contributed by atoms with Gasteiger partial charge in [0.15, 0.2) is 0 Å². The van der Waals surface area contributed by atoms with Crippen molar-refractivity contribution < 1.29 is 14.3 Å². The second kappa shape index (κ2) is 8.54. The van der Waals surface area contributed by atoms with Crippen LogP contribution in [0.15, 0.2) is 48.5 Å². The van der Waals surface area contributed by atoms with E-state index in [1.54, 1.807) is 12.1 Å². The Labute approximate surface area is 159 Å². The van der Waals surface area contributed by atoms with E-state index < -0.39 is 0 Å². The Morgan fingerprint density at radius 3 is 2.52 bits per heavy atom. The number of aryl methyl sites for hydroxylation is 1. The predicted octanol–water partition coefficient (Wildman–Crippen LogP) is 4.39. The highest BCUT2D eigenvalue weighted by atomic mass is 16.5. The van der Waals surface area contributed by atoms with Crippen molar-refractivity contribution in [1.29, 1.82) is 0 Å². The van der Waals surface area contributed by atoms with Crippen molar-refractivity contribution in [2.24, 2.45) is 5.92 Å². The van der Waals surface area contributed by atoms with Gasteiger partial charge in [0.25, 0.3) is 0 Å². The van der Waals surface area contributed by atoms with Gasteiger partial charge in [-0.25, -0.2) is 0 Å². The Balaban J connectivity index is 1.60. The largest absolute Gasteiger partial charge is 0.494 e. The first-order valence-corrected chi connectivity index (χ1v) is 9.18. The Kier molecular flexibility index (Phi) is 5.91. The number of ether oxygens (including phenoxy) is 1. The predicted molar refractivity (Wildman–Crippen MR) is 108 cm³/mol. The summed E-state index contributed by atoms with van der Waals surface area (Å²) < 4.78 is 5.40. The summed E-state index contributed by atoms with van der Waals surface area (Å²) in [7, 11) is 0. The van der Waals surface area contributed by atoms with Crippen molar-refractivity contribution in [2.45, 2.75) is 26.7 Å². The lowest BCUT2D eigenvalue weighted by atomic mass is 10.1. The highest BCUT2D eigenvalue weighted by molar-refractivity contribution is 6.02. The summed E-state index contributed by atoms with van der Waals surface area (Å²) in [5.41, 5.74) is 3.26. The molecule has 0 heterocycles. The van der Waals surface area contributed by atoms with Gasteiger partial charge in [0.2, 0.25) is 11.8 Å². The third kappa shape index (κ3) is 5.45. The van der Waals surface area contributed by atoms with Crippen LogP contribution in [0.1, 0.15) is 30.9 Å². The summed E-state index contributed by atoms with van der Waals surface area (Å²) in [6.45, 7) is 4.49. The van der Waals surface area contributed by atoms with E-state index in [0.29, 0.717) is 12.3 Å². The summed E-state index contributed by atoms with van der Waals surface area (Å²) in [4.78, 5) is 24.1. The Hall–Kier alpha value is -3.08. The molecule has 2 amide bonds. The molecule has 1 aliphatic carbocycles. The normalized spacial score (nSPS) is 13.4. The second-order valence-corrected chi connectivity index (χ2v) is 6.62. The van der Waals surface area contributed by atoms with Gasteiger partial charge in [-0.3, -0.25) is 9.59 Å². The summed E-state index contributed by atoms with van der Waals surface area (Å²) in [5, 5.41) is 5.77. The van der Waals surface area contributed by atoms with Crippen LogP contribution in [-0.2, 0) is 9.59 Å². The van der Waals surface area contributed by atoms with Gasteiger partial charge in [-0.05, 0) is 68.2 Å². The van der Waals surface area contributed by atoms with Gasteiger partial charge in [-0.15, -0.1) is 0 Å². The molecule has 3 rings (SSSR count). The fourth-order valence-corrected chi connectivity index (χ4v) is 2.61. The Morgan fingerprint density at radius 2 is 1.85 bits per heavy atom. The van der Waals surface area contributed by atoms with Gasteiger partial charge < -0.3 is 15.4 Å². The van der Waals surface area contributed by atoms with Crippen LogP contribution in [-0.4, -0.2) is 18.4 Å². The number of nitrogens with one attached hydrogen (secondary N) is 2. The standard InChI is InChI=1S/C22H24N2O3/c1-3-27-19-11-5-16(6-12-19)7-13-21(25)23-18-10-4-15(2)20(14-18)24-22(26)17-8-9-17/h4-7,10-14,17H,3,8-9H2,1-2H3,(H,23,25)(H,24,26)/b13-7+. The molecule has 0 radical (unpaired) electrons. The number of carbonyl (C=O) groups excluding carboxylic acids is 2. The highest BCUT2D eigenvalue weighted by Crippen LogP contribution is 2.31. The fourth-order valence-electron chi connectivity index (χ4n) is 2.61. The van der Waals surface area contributed by atoms with Crippen molar-refractivity contribution in [2.75, 3.05) is 17.2 Å². The summed E-state index contributed by atoms with van der Waals surface area (Å²) in [5.74, 6) is 0.767. The van der Waals surface area contributed by atoms with Gasteiger partial charge in [-0.1, -0.05) is 18.2 Å². The molecule has 2 aromatic rings. The van der Waals surface area contributed by atoms with E-state index in [0.717, 1.165) is 35.4 Å². The van der Waals surface area contributed by atoms with Crippen LogP contribution in [0.25, 0.3) is 6.08 Å². The van der Waals surface area contributed by atoms with Crippen molar-refractivity contribution in [3.8, 4) is 5.75 Å². The molecule has 2 N–H and O–H groups in total. The monoisotopic (exact) mass is 364 g/mol. The van der Waals surface area contributed by atoms with Crippen molar-refractivity contribution in [1.82, 2.24) is 0 Å². The van der Waals surface area contributed by atoms with Crippen LogP contribution < -0.4 is 15.4 Å². The number of benzene rings is 2. The third-order valence-electron chi connectivity index (χ3n) is 4.33. The van der Waals surface area contributed by atoms with Gasteiger partial charge in [-0.2, -0.15) is 0 Å². The van der Waals surface area contributed by atoms with E-state index >= 15 is 0 Å². The highest BCUT2D eigenvalue weighted by Gasteiger charge is 2.29. The number of anilines is 2. The maximum absolute atomic E-state index is 12.2. The lowest BCUT2D eigenvalue weighted by Crippen LogP contribution is -2.15. The van der Waals surface area contributed by atoms with Gasteiger partial charge in [0.1, 0.15) is 5.75 Å². The number of amides is 2. The molecule has 0 atom stereocenters. The molecular formula is C22H24N2O3. The van der Waals surface area contributed by atoms with Crippen molar-refractivity contribution in [3.05, 3.63) is 59.7 Å². The van der Waals surface area contributed by atoms with Crippen LogP contribution in [0.5, 0.6) is 5.75 Å². The zero-order valence-corrected chi connectivity index (χ0v) is 15.6. The molecule has 5 nitrogen and oxygen atoms in total. The summed E-state index contributed by atoms with van der Waals surface area (Å²) in [6, 6.07) is 13.0. The first kappa shape index (κ1) is 18.7. The Morgan fingerprint density at radius 1 is 1.11 bits per heavy atom. The maximum atomic E-state index is 12.2. The van der Waals surface area contributed by atoms with Crippen LogP contribution in [0, 0.1) is 12.8 Å². The lowest BCUT2D eigenvalue weighted by molar-refractivity contribution is -0.117. The van der Waals surface area contributed by atoms with Crippen molar-refractivity contribution in [3.63, 3.8) is 0 Å². The average Bonchev–Trinajstić information content (AvgIpc) is 3.49. The number of rotatable bonds is 7. The molecule has 0 spiro atoms. The van der Waals surface area contributed by atoms with E-state index in [-0.39, 0.29) is 17.7 Å². The smallest absolute Gasteiger partial charge is 0.248 e. The van der Waals surface area contributed by atoms with Crippen LogP contribution in [0.2, 0.25) is 0 Å². The van der Waals surface area contributed by atoms with E-state index in [1.165, 1.54) is 6.08 Å². The molecule has 1 aliphatic rings. The van der Waals surface area contributed by atoms with Crippen molar-refractivity contribution >= 4 is 29.3 Å². The molecule has 0 aromatic heterocycles. The molecule has 1 fully saturated rings. The van der Waals surface area contributed by atoms with E-state index in [9.17, 15) is 9.59 Å². The molecule has 140 valence electrons. The van der Waals surface area contributed by atoms with Crippen LogP contribution in [0.3, 0.4) is 0 Å². The van der Waals surface area contributed by atoms with E-state index in [2.05, 4.69) is 10.6 Å². The second-order valence-electron chi connectivity index (χ2n) is 6.62. The molecule has 0 aliphatic heterocycles. The molecule has 5 heteroatoms. The van der Waals surface area contributed by atoms with Gasteiger partial charge >= 0.3 is 0 Å². The van der Waals surface area contributed by atoms with Gasteiger partial charge in [0.05, 0.1) is 6.61 Å².